The molecule has 1 unspecified atom stereocenters. The van der Waals surface area contributed by atoms with Gasteiger partial charge in [0.2, 0.25) is 0 Å². The summed E-state index contributed by atoms with van der Waals surface area (Å²) in [5.41, 5.74) is 4.26. The summed E-state index contributed by atoms with van der Waals surface area (Å²) in [7, 11) is 2.18. The first-order valence-electron chi connectivity index (χ1n) is 9.52. The Bertz CT molecular complexity index is 1020. The first-order valence-corrected chi connectivity index (χ1v) is 10.3. The Morgan fingerprint density at radius 2 is 1.74 bits per heavy atom. The smallest absolute Gasteiger partial charge is 0.0737 e. The van der Waals surface area contributed by atoms with Crippen LogP contribution in [0.3, 0.4) is 0 Å². The summed E-state index contributed by atoms with van der Waals surface area (Å²) in [6, 6.07) is 14.1. The summed E-state index contributed by atoms with van der Waals surface area (Å²) in [6.45, 7) is 9.07. The van der Waals surface area contributed by atoms with Gasteiger partial charge in [0.1, 0.15) is 0 Å². The van der Waals surface area contributed by atoms with E-state index in [9.17, 15) is 0 Å². The number of hydrogen-bond acceptors (Lipinski definition) is 2. The Kier molecular flexibility index (Phi) is 5.48. The molecule has 4 rings (SSSR count). The minimum absolute atomic E-state index is 0. The van der Waals surface area contributed by atoms with Crippen LogP contribution in [0.5, 0.6) is 0 Å². The number of likely N-dealkylation sites (N-methyl/N-ethyl adjacent to an activating group) is 1. The number of fused-ring (bicyclic) bond motifs is 3. The maximum atomic E-state index is 2.43. The van der Waals surface area contributed by atoms with E-state index in [0.29, 0.717) is 17.9 Å². The molecule has 2 aromatic carbocycles. The van der Waals surface area contributed by atoms with Crippen molar-refractivity contribution < 1.29 is 0 Å². The largest absolute Gasteiger partial charge is 0.370 e. The molecule has 27 heavy (non-hydrogen) atoms. The fraction of sp³-hybridized carbons (Fsp3) is 0.360. The predicted molar refractivity (Wildman–Crippen MR) is 123 cm³/mol. The van der Waals surface area contributed by atoms with Gasteiger partial charge in [0.25, 0.3) is 0 Å². The van der Waals surface area contributed by atoms with Crippen LogP contribution in [0, 0.1) is 5.92 Å². The molecule has 1 atom stereocenters. The highest BCUT2D eigenvalue weighted by atomic mass is 32.1. The van der Waals surface area contributed by atoms with Crippen molar-refractivity contribution in [1.82, 2.24) is 4.90 Å². The fourth-order valence-corrected chi connectivity index (χ4v) is 5.01. The lowest BCUT2D eigenvalue weighted by atomic mass is 9.93. The number of allylic oxidation sites excluding steroid dienone is 2. The highest BCUT2D eigenvalue weighted by molar-refractivity contribution is 7.26. The predicted octanol–water partition coefficient (Wildman–Crippen LogP) is 7.90. The van der Waals surface area contributed by atoms with Gasteiger partial charge in [0, 0.05) is 27.2 Å². The molecule has 2 heterocycles. The van der Waals surface area contributed by atoms with Gasteiger partial charge in [-0.15, -0.1) is 11.3 Å². The number of benzene rings is 2. The van der Waals surface area contributed by atoms with Crippen molar-refractivity contribution >= 4 is 31.5 Å². The van der Waals surface area contributed by atoms with E-state index in [2.05, 4.69) is 94.4 Å². The van der Waals surface area contributed by atoms with E-state index in [1.54, 1.807) is 0 Å². The number of nitrogens with zero attached hydrogens (tertiary/aromatic N) is 1. The zero-order valence-electron chi connectivity index (χ0n) is 16.3. The number of hydrogen-bond donors (Lipinski definition) is 0. The quantitative estimate of drug-likeness (QED) is 0.448. The topological polar surface area (TPSA) is 3.24 Å². The first kappa shape index (κ1) is 19.7. The molecular formula is C25H31NS. The summed E-state index contributed by atoms with van der Waals surface area (Å²) in [4.78, 5) is 2.32. The van der Waals surface area contributed by atoms with Crippen molar-refractivity contribution in [3.05, 3.63) is 71.5 Å². The van der Waals surface area contributed by atoms with Crippen LogP contribution in [-0.4, -0.2) is 11.9 Å². The van der Waals surface area contributed by atoms with Gasteiger partial charge in [0.15, 0.2) is 0 Å². The molecule has 1 nitrogen and oxygen atoms in total. The fourth-order valence-electron chi connectivity index (χ4n) is 3.78. The minimum Gasteiger partial charge on any atom is -0.370 e. The Hall–Kier alpha value is -2.06. The standard InChI is InChI=1S/C24H27NS.CH4/c1-15(2)17-9-10-23-21(13-17)19-7-6-8-20(24(19)26-23)22-14-18(16(3)4)11-12-25(22)5;/h6-16,22H,1-5H3;1H4. The molecule has 0 radical (unpaired) electrons. The molecule has 0 saturated carbocycles. The monoisotopic (exact) mass is 377 g/mol. The second-order valence-corrected chi connectivity index (χ2v) is 9.04. The Labute approximate surface area is 168 Å². The Balaban J connectivity index is 0.00000210. The van der Waals surface area contributed by atoms with Gasteiger partial charge in [0.05, 0.1) is 6.04 Å². The zero-order chi connectivity index (χ0) is 18.4. The Morgan fingerprint density at radius 1 is 0.963 bits per heavy atom. The minimum atomic E-state index is 0. The average molecular weight is 378 g/mol. The second-order valence-electron chi connectivity index (χ2n) is 7.98. The summed E-state index contributed by atoms with van der Waals surface area (Å²) in [5, 5.41) is 2.80. The van der Waals surface area contributed by atoms with Crippen LogP contribution in [-0.2, 0) is 0 Å². The normalized spacial score (nSPS) is 17.1. The molecule has 1 aliphatic heterocycles. The van der Waals surface area contributed by atoms with Gasteiger partial charge in [-0.2, -0.15) is 0 Å². The van der Waals surface area contributed by atoms with E-state index in [0.717, 1.165) is 0 Å². The van der Waals surface area contributed by atoms with Gasteiger partial charge < -0.3 is 4.90 Å². The van der Waals surface area contributed by atoms with Crippen molar-refractivity contribution in [1.29, 1.82) is 0 Å². The molecule has 3 aromatic rings. The molecule has 0 spiro atoms. The highest BCUT2D eigenvalue weighted by Crippen LogP contribution is 2.41. The van der Waals surface area contributed by atoms with Crippen LogP contribution in [0.15, 0.2) is 60.3 Å². The lowest BCUT2D eigenvalue weighted by Gasteiger charge is -2.30. The van der Waals surface area contributed by atoms with Gasteiger partial charge in [-0.1, -0.05) is 65.5 Å². The van der Waals surface area contributed by atoms with Crippen LogP contribution in [0.25, 0.3) is 20.2 Å². The third-order valence-electron chi connectivity index (χ3n) is 5.49. The van der Waals surface area contributed by atoms with E-state index >= 15 is 0 Å². The summed E-state index contributed by atoms with van der Waals surface area (Å²) in [6.07, 6.45) is 6.91. The molecule has 2 heteroatoms. The summed E-state index contributed by atoms with van der Waals surface area (Å²) >= 11 is 1.93. The molecule has 1 aliphatic rings. The van der Waals surface area contributed by atoms with Crippen molar-refractivity contribution in [2.75, 3.05) is 7.05 Å². The van der Waals surface area contributed by atoms with E-state index in [-0.39, 0.29) is 7.43 Å². The molecule has 0 amide bonds. The van der Waals surface area contributed by atoms with E-state index in [1.807, 2.05) is 11.3 Å². The molecule has 142 valence electrons. The second kappa shape index (κ2) is 7.52. The third kappa shape index (κ3) is 3.43. The van der Waals surface area contributed by atoms with E-state index in [4.69, 9.17) is 0 Å². The lowest BCUT2D eigenvalue weighted by molar-refractivity contribution is 0.386. The van der Waals surface area contributed by atoms with Crippen LogP contribution in [0.2, 0.25) is 0 Å². The number of rotatable bonds is 3. The van der Waals surface area contributed by atoms with Gasteiger partial charge in [-0.25, -0.2) is 0 Å². The lowest BCUT2D eigenvalue weighted by Crippen LogP contribution is -2.21. The summed E-state index contributed by atoms with van der Waals surface area (Å²) in [5.74, 6) is 1.11. The SMILES string of the molecule is C.CC(C)C1=CC(c2cccc3c2sc2ccc(C(C)C)cc23)N(C)C=C1. The van der Waals surface area contributed by atoms with Crippen molar-refractivity contribution in [2.45, 2.75) is 47.1 Å². The van der Waals surface area contributed by atoms with E-state index < -0.39 is 0 Å². The van der Waals surface area contributed by atoms with Crippen molar-refractivity contribution in [3.8, 4) is 0 Å². The van der Waals surface area contributed by atoms with Crippen LogP contribution < -0.4 is 0 Å². The van der Waals surface area contributed by atoms with Crippen molar-refractivity contribution in [2.24, 2.45) is 5.92 Å². The highest BCUT2D eigenvalue weighted by Gasteiger charge is 2.21. The van der Waals surface area contributed by atoms with Gasteiger partial charge in [-0.05, 0) is 52.9 Å². The maximum Gasteiger partial charge on any atom is 0.0737 e. The van der Waals surface area contributed by atoms with Crippen LogP contribution in [0.1, 0.15) is 58.2 Å². The molecule has 0 fully saturated rings. The zero-order valence-corrected chi connectivity index (χ0v) is 17.1. The van der Waals surface area contributed by atoms with Gasteiger partial charge in [-0.3, -0.25) is 0 Å². The molecule has 1 aromatic heterocycles. The van der Waals surface area contributed by atoms with Crippen LogP contribution >= 0.6 is 11.3 Å². The van der Waals surface area contributed by atoms with Gasteiger partial charge >= 0.3 is 0 Å². The third-order valence-corrected chi connectivity index (χ3v) is 6.73. The molecule has 0 N–H and O–H groups in total. The van der Waals surface area contributed by atoms with Crippen LogP contribution in [0.4, 0.5) is 0 Å². The molecule has 0 aliphatic carbocycles. The maximum absolute atomic E-state index is 2.43. The average Bonchev–Trinajstić information content (AvgIpc) is 3.00. The van der Waals surface area contributed by atoms with Crippen molar-refractivity contribution in [3.63, 3.8) is 0 Å². The first-order chi connectivity index (χ1) is 12.5. The molecule has 0 bridgehead atoms. The molecular weight excluding hydrogens is 346 g/mol. The van der Waals surface area contributed by atoms with E-state index in [1.165, 1.54) is 36.9 Å². The Morgan fingerprint density at radius 3 is 2.44 bits per heavy atom. The number of thiophene rings is 1. The summed E-state index contributed by atoms with van der Waals surface area (Å²) < 4.78 is 2.81. The molecule has 0 saturated heterocycles.